The van der Waals surface area contributed by atoms with Crippen molar-refractivity contribution in [3.8, 4) is 0 Å². The fourth-order valence-electron chi connectivity index (χ4n) is 3.61. The van der Waals surface area contributed by atoms with Crippen LogP contribution in [0.15, 0.2) is 24.3 Å². The van der Waals surface area contributed by atoms with Crippen LogP contribution in [0, 0.1) is 11.8 Å². The number of ether oxygens (including phenoxy) is 1. The molecule has 140 valence electrons. The molecule has 1 heterocycles. The first kappa shape index (κ1) is 18.4. The molecule has 7 heteroatoms. The first-order chi connectivity index (χ1) is 12.6. The minimum absolute atomic E-state index is 0.0597. The van der Waals surface area contributed by atoms with Crippen molar-refractivity contribution >= 4 is 23.5 Å². The summed E-state index contributed by atoms with van der Waals surface area (Å²) in [6, 6.07) is 6.68. The molecule has 2 atom stereocenters. The van der Waals surface area contributed by atoms with Gasteiger partial charge in [-0.15, -0.1) is 0 Å². The Bertz CT molecular complexity index is 667. The summed E-state index contributed by atoms with van der Waals surface area (Å²) in [5.41, 5.74) is 1.10. The Morgan fingerprint density at radius 3 is 2.23 bits per heavy atom. The summed E-state index contributed by atoms with van der Waals surface area (Å²) in [6.07, 6.45) is 2.68. The monoisotopic (exact) mass is 359 g/mol. The van der Waals surface area contributed by atoms with Crippen molar-refractivity contribution in [3.63, 3.8) is 0 Å². The van der Waals surface area contributed by atoms with Crippen molar-refractivity contribution in [3.05, 3.63) is 29.8 Å². The fourth-order valence-corrected chi connectivity index (χ4v) is 3.61. The number of carbonyl (C=O) groups is 3. The summed E-state index contributed by atoms with van der Waals surface area (Å²) in [4.78, 5) is 37.9. The van der Waals surface area contributed by atoms with E-state index in [1.807, 2.05) is 0 Å². The summed E-state index contributed by atoms with van der Waals surface area (Å²) in [5.74, 6) is -2.81. The molecule has 0 aromatic heterocycles. The van der Waals surface area contributed by atoms with E-state index in [-0.39, 0.29) is 11.8 Å². The van der Waals surface area contributed by atoms with Crippen LogP contribution in [-0.2, 0) is 14.3 Å². The van der Waals surface area contributed by atoms with E-state index in [1.165, 1.54) is 0 Å². The molecule has 2 amide bonds. The van der Waals surface area contributed by atoms with Crippen molar-refractivity contribution < 1.29 is 24.2 Å². The van der Waals surface area contributed by atoms with Crippen LogP contribution in [0.4, 0.5) is 5.69 Å². The standard InChI is InChI=1S/C19H24N2O5/c22-17(15-3-1-2-4-16(15)19(24)25)20-14-7-5-13(6-8-14)18(23)21-9-11-26-12-10-21/h5-8,15-16H,1-4,9-12H2,(H,20,22)(H,24,25)/p-1/t15-,16+/m1/s1. The van der Waals surface area contributed by atoms with Gasteiger partial charge in [0.15, 0.2) is 0 Å². The molecule has 26 heavy (non-hydrogen) atoms. The van der Waals surface area contributed by atoms with E-state index in [0.717, 1.165) is 12.8 Å². The van der Waals surface area contributed by atoms with E-state index in [1.54, 1.807) is 29.2 Å². The zero-order chi connectivity index (χ0) is 18.5. The average Bonchev–Trinajstić information content (AvgIpc) is 2.68. The highest BCUT2D eigenvalue weighted by molar-refractivity contribution is 5.97. The van der Waals surface area contributed by atoms with Crippen LogP contribution >= 0.6 is 0 Å². The lowest BCUT2D eigenvalue weighted by Crippen LogP contribution is -2.42. The lowest BCUT2D eigenvalue weighted by Gasteiger charge is -2.31. The lowest BCUT2D eigenvalue weighted by molar-refractivity contribution is -0.313. The number of hydrogen-bond acceptors (Lipinski definition) is 5. The molecule has 2 aliphatic rings. The second-order valence-corrected chi connectivity index (χ2v) is 6.79. The molecule has 1 aliphatic heterocycles. The van der Waals surface area contributed by atoms with Gasteiger partial charge < -0.3 is 24.9 Å². The van der Waals surface area contributed by atoms with Gasteiger partial charge in [0.05, 0.1) is 13.2 Å². The molecule has 1 aromatic carbocycles. The minimum Gasteiger partial charge on any atom is -0.550 e. The Hall–Kier alpha value is -2.41. The summed E-state index contributed by atoms with van der Waals surface area (Å²) in [7, 11) is 0. The lowest BCUT2D eigenvalue weighted by atomic mass is 9.78. The van der Waals surface area contributed by atoms with Crippen LogP contribution in [0.5, 0.6) is 0 Å². The zero-order valence-electron chi connectivity index (χ0n) is 14.6. The highest BCUT2D eigenvalue weighted by Crippen LogP contribution is 2.30. The third kappa shape index (κ3) is 4.22. The van der Waals surface area contributed by atoms with Crippen LogP contribution < -0.4 is 10.4 Å². The summed E-state index contributed by atoms with van der Waals surface area (Å²) in [5, 5.41) is 14.0. The predicted molar refractivity (Wildman–Crippen MR) is 92.2 cm³/mol. The second-order valence-electron chi connectivity index (χ2n) is 6.79. The van der Waals surface area contributed by atoms with Crippen molar-refractivity contribution in [2.24, 2.45) is 11.8 Å². The topological polar surface area (TPSA) is 98.8 Å². The number of anilines is 1. The average molecular weight is 359 g/mol. The molecule has 0 unspecified atom stereocenters. The van der Waals surface area contributed by atoms with Gasteiger partial charge in [0.1, 0.15) is 0 Å². The molecule has 3 rings (SSSR count). The van der Waals surface area contributed by atoms with Crippen molar-refractivity contribution in [1.82, 2.24) is 4.90 Å². The van der Waals surface area contributed by atoms with Gasteiger partial charge in [0, 0.05) is 42.1 Å². The van der Waals surface area contributed by atoms with Gasteiger partial charge in [0.2, 0.25) is 5.91 Å². The molecule has 1 aliphatic carbocycles. The molecule has 1 N–H and O–H groups in total. The summed E-state index contributed by atoms with van der Waals surface area (Å²) >= 11 is 0. The molecule has 0 radical (unpaired) electrons. The number of aliphatic carboxylic acids is 1. The Labute approximate surface area is 152 Å². The van der Waals surface area contributed by atoms with Crippen LogP contribution in [0.25, 0.3) is 0 Å². The van der Waals surface area contributed by atoms with Crippen molar-refractivity contribution in [2.75, 3.05) is 31.6 Å². The summed E-state index contributed by atoms with van der Waals surface area (Å²) < 4.78 is 5.24. The van der Waals surface area contributed by atoms with Gasteiger partial charge in [-0.1, -0.05) is 12.8 Å². The Morgan fingerprint density at radius 2 is 1.62 bits per heavy atom. The first-order valence-corrected chi connectivity index (χ1v) is 9.05. The minimum atomic E-state index is -1.16. The van der Waals surface area contributed by atoms with Crippen molar-refractivity contribution in [1.29, 1.82) is 0 Å². The number of benzene rings is 1. The smallest absolute Gasteiger partial charge is 0.254 e. The van der Waals surface area contributed by atoms with E-state index in [4.69, 9.17) is 4.74 Å². The number of nitrogens with zero attached hydrogens (tertiary/aromatic N) is 1. The third-order valence-electron chi connectivity index (χ3n) is 5.10. The van der Waals surface area contributed by atoms with Gasteiger partial charge >= 0.3 is 0 Å². The molecular formula is C19H23N2O5-. The largest absolute Gasteiger partial charge is 0.550 e. The molecule has 1 aromatic rings. The van der Waals surface area contributed by atoms with Crippen LogP contribution in [0.2, 0.25) is 0 Å². The fraction of sp³-hybridized carbons (Fsp3) is 0.526. The first-order valence-electron chi connectivity index (χ1n) is 9.05. The van der Waals surface area contributed by atoms with Crippen LogP contribution in [-0.4, -0.2) is 49.0 Å². The second kappa shape index (κ2) is 8.31. The summed E-state index contributed by atoms with van der Waals surface area (Å²) in [6.45, 7) is 2.23. The Kier molecular flexibility index (Phi) is 5.88. The highest BCUT2D eigenvalue weighted by atomic mass is 16.5. The van der Waals surface area contributed by atoms with E-state index in [2.05, 4.69) is 5.32 Å². The Balaban J connectivity index is 1.62. The van der Waals surface area contributed by atoms with Crippen LogP contribution in [0.3, 0.4) is 0 Å². The molecule has 2 fully saturated rings. The number of amides is 2. The third-order valence-corrected chi connectivity index (χ3v) is 5.10. The van der Waals surface area contributed by atoms with E-state index < -0.39 is 17.8 Å². The maximum Gasteiger partial charge on any atom is 0.254 e. The number of hydrogen-bond donors (Lipinski definition) is 1. The number of nitrogens with one attached hydrogen (secondary N) is 1. The number of morpholine rings is 1. The van der Waals surface area contributed by atoms with Gasteiger partial charge in [0.25, 0.3) is 5.91 Å². The number of carboxylic acids is 1. The maximum atomic E-state index is 12.5. The SMILES string of the molecule is O=C([O-])[C@H]1CCCC[C@H]1C(=O)Nc1ccc(C(=O)N2CCOCC2)cc1. The van der Waals surface area contributed by atoms with E-state index >= 15 is 0 Å². The molecule has 1 saturated carbocycles. The van der Waals surface area contributed by atoms with Gasteiger partial charge in [-0.3, -0.25) is 9.59 Å². The van der Waals surface area contributed by atoms with Gasteiger partial charge in [-0.05, 0) is 37.1 Å². The quantitative estimate of drug-likeness (QED) is 0.851. The van der Waals surface area contributed by atoms with E-state index in [0.29, 0.717) is 50.4 Å². The Morgan fingerprint density at radius 1 is 1.00 bits per heavy atom. The normalized spacial score (nSPS) is 23.3. The zero-order valence-corrected chi connectivity index (χ0v) is 14.6. The molecule has 0 spiro atoms. The molecule has 7 nitrogen and oxygen atoms in total. The number of carbonyl (C=O) groups excluding carboxylic acids is 3. The van der Waals surface area contributed by atoms with Gasteiger partial charge in [-0.2, -0.15) is 0 Å². The van der Waals surface area contributed by atoms with Gasteiger partial charge in [-0.25, -0.2) is 0 Å². The van der Waals surface area contributed by atoms with Crippen LogP contribution in [0.1, 0.15) is 36.0 Å². The molecule has 0 bridgehead atoms. The molecular weight excluding hydrogens is 336 g/mol. The van der Waals surface area contributed by atoms with Crippen molar-refractivity contribution in [2.45, 2.75) is 25.7 Å². The number of rotatable bonds is 4. The predicted octanol–water partition coefficient (Wildman–Crippen LogP) is 0.654. The number of carboxylic acid groups (broad SMARTS) is 1. The maximum absolute atomic E-state index is 12.5. The highest BCUT2D eigenvalue weighted by Gasteiger charge is 2.31. The molecule has 1 saturated heterocycles. The van der Waals surface area contributed by atoms with E-state index in [9.17, 15) is 19.5 Å².